The van der Waals surface area contributed by atoms with Crippen molar-refractivity contribution in [2.45, 2.75) is 71.0 Å². The SMILES string of the molecule is CCCCCCCCCCC(OC(=O)c1cc(N)cc(N)c1)Oc1ccc(/C=C(\C#N)c2ccc3c(c2)OCO3)cc1OC. The molecular weight excluding hydrogens is 558 g/mol. The van der Waals surface area contributed by atoms with Gasteiger partial charge in [0.2, 0.25) is 13.1 Å². The van der Waals surface area contributed by atoms with Crippen molar-refractivity contribution in [1.29, 1.82) is 5.26 Å². The number of allylic oxidation sites excluding steroid dienone is 1. The summed E-state index contributed by atoms with van der Waals surface area (Å²) in [6, 6.07) is 17.6. The molecule has 1 atom stereocenters. The maximum Gasteiger partial charge on any atom is 0.341 e. The minimum absolute atomic E-state index is 0.159. The number of methoxy groups -OCH3 is 1. The van der Waals surface area contributed by atoms with E-state index in [1.807, 2.05) is 12.1 Å². The zero-order valence-electron chi connectivity index (χ0n) is 25.5. The molecule has 0 aromatic heterocycles. The van der Waals surface area contributed by atoms with Crippen LogP contribution in [0.2, 0.25) is 0 Å². The van der Waals surface area contributed by atoms with Crippen molar-refractivity contribution in [3.63, 3.8) is 0 Å². The van der Waals surface area contributed by atoms with Crippen LogP contribution >= 0.6 is 0 Å². The van der Waals surface area contributed by atoms with Crippen LogP contribution in [-0.2, 0) is 4.74 Å². The summed E-state index contributed by atoms with van der Waals surface area (Å²) in [5.41, 5.74) is 14.7. The summed E-state index contributed by atoms with van der Waals surface area (Å²) in [5.74, 6) is 1.52. The molecule has 0 saturated heterocycles. The number of benzene rings is 3. The minimum Gasteiger partial charge on any atom is -0.493 e. The van der Waals surface area contributed by atoms with Gasteiger partial charge in [0.15, 0.2) is 23.0 Å². The smallest absolute Gasteiger partial charge is 0.341 e. The van der Waals surface area contributed by atoms with Gasteiger partial charge in [-0.05, 0) is 72.2 Å². The fourth-order valence-electron chi connectivity index (χ4n) is 4.99. The van der Waals surface area contributed by atoms with Crippen molar-refractivity contribution in [1.82, 2.24) is 0 Å². The average molecular weight is 600 g/mol. The van der Waals surface area contributed by atoms with E-state index in [9.17, 15) is 10.1 Å². The summed E-state index contributed by atoms with van der Waals surface area (Å²) in [5, 5.41) is 9.87. The number of esters is 1. The van der Waals surface area contributed by atoms with Crippen LogP contribution < -0.4 is 30.4 Å². The van der Waals surface area contributed by atoms with Gasteiger partial charge in [0.05, 0.1) is 24.3 Å². The Morgan fingerprint density at radius 1 is 0.886 bits per heavy atom. The molecule has 0 spiro atoms. The lowest BCUT2D eigenvalue weighted by Gasteiger charge is -2.21. The molecule has 9 heteroatoms. The Morgan fingerprint density at radius 3 is 2.30 bits per heavy atom. The summed E-state index contributed by atoms with van der Waals surface area (Å²) in [7, 11) is 1.54. The van der Waals surface area contributed by atoms with Crippen molar-refractivity contribution in [3.05, 3.63) is 71.3 Å². The quantitative estimate of drug-likeness (QED) is 0.0422. The third-order valence-electron chi connectivity index (χ3n) is 7.31. The number of nitrogens with zero attached hydrogens (tertiary/aromatic N) is 1. The van der Waals surface area contributed by atoms with E-state index in [1.165, 1.54) is 51.3 Å². The number of nitrogens with two attached hydrogens (primary N) is 2. The number of unbranched alkanes of at least 4 members (excludes halogenated alkanes) is 7. The molecule has 4 N–H and O–H groups in total. The summed E-state index contributed by atoms with van der Waals surface area (Å²) in [6.45, 7) is 2.37. The molecule has 9 nitrogen and oxygen atoms in total. The molecule has 3 aromatic carbocycles. The Morgan fingerprint density at radius 2 is 1.59 bits per heavy atom. The second-order valence-electron chi connectivity index (χ2n) is 10.8. The summed E-state index contributed by atoms with van der Waals surface area (Å²) in [6.07, 6.45) is 10.5. The largest absolute Gasteiger partial charge is 0.493 e. The zero-order chi connectivity index (χ0) is 31.3. The average Bonchev–Trinajstić information content (AvgIpc) is 3.49. The van der Waals surface area contributed by atoms with Gasteiger partial charge in [0, 0.05) is 17.8 Å². The van der Waals surface area contributed by atoms with Gasteiger partial charge in [-0.2, -0.15) is 5.26 Å². The third kappa shape index (κ3) is 9.08. The van der Waals surface area contributed by atoms with Gasteiger partial charge in [-0.1, -0.05) is 57.9 Å². The molecule has 0 amide bonds. The second kappa shape index (κ2) is 16.1. The number of nitrogen functional groups attached to an aromatic ring is 2. The van der Waals surface area contributed by atoms with Gasteiger partial charge in [-0.15, -0.1) is 0 Å². The first kappa shape index (κ1) is 32.1. The van der Waals surface area contributed by atoms with Gasteiger partial charge in [-0.3, -0.25) is 0 Å². The Hall–Kier alpha value is -4.84. The van der Waals surface area contributed by atoms with E-state index in [2.05, 4.69) is 13.0 Å². The fourth-order valence-corrected chi connectivity index (χ4v) is 4.99. The molecule has 44 heavy (non-hydrogen) atoms. The Balaban J connectivity index is 1.48. The predicted molar refractivity (Wildman–Crippen MR) is 171 cm³/mol. The normalized spacial score (nSPS) is 12.8. The highest BCUT2D eigenvalue weighted by atomic mass is 16.7. The first-order valence-electron chi connectivity index (χ1n) is 15.1. The van der Waals surface area contributed by atoms with E-state index in [4.69, 9.17) is 35.2 Å². The lowest BCUT2D eigenvalue weighted by molar-refractivity contribution is -0.0542. The first-order valence-corrected chi connectivity index (χ1v) is 15.1. The lowest BCUT2D eigenvalue weighted by Crippen LogP contribution is -2.25. The summed E-state index contributed by atoms with van der Waals surface area (Å²) < 4.78 is 28.5. The zero-order valence-corrected chi connectivity index (χ0v) is 25.5. The summed E-state index contributed by atoms with van der Waals surface area (Å²) in [4.78, 5) is 13.1. The van der Waals surface area contributed by atoms with E-state index < -0.39 is 12.3 Å². The molecule has 3 aromatic rings. The highest BCUT2D eigenvalue weighted by Crippen LogP contribution is 2.36. The van der Waals surface area contributed by atoms with E-state index in [1.54, 1.807) is 36.4 Å². The molecule has 0 radical (unpaired) electrons. The maximum absolute atomic E-state index is 13.1. The number of carbonyl (C=O) groups excluding carboxylic acids is 1. The standard InChI is InChI=1S/C35H41N3O6/c1-3-4-5-6-7-8-9-10-11-34(44-35(39)26-18-28(37)21-29(38)19-26)43-31-14-12-24(17-32(31)40-2)16-27(22-36)25-13-15-30-33(20-25)42-23-41-30/h12-21,34H,3-11,23,37-38H2,1-2H3/b27-16+. The molecule has 1 heterocycles. The monoisotopic (exact) mass is 599 g/mol. The van der Waals surface area contributed by atoms with Crippen molar-refractivity contribution >= 4 is 29.0 Å². The van der Waals surface area contributed by atoms with Crippen LogP contribution in [-0.4, -0.2) is 26.2 Å². The Labute approximate surface area is 259 Å². The summed E-state index contributed by atoms with van der Waals surface area (Å²) >= 11 is 0. The molecule has 1 aliphatic rings. The molecule has 1 aliphatic heterocycles. The number of anilines is 2. The topological polar surface area (TPSA) is 139 Å². The van der Waals surface area contributed by atoms with Gasteiger partial charge < -0.3 is 35.2 Å². The fraction of sp³-hybridized carbons (Fsp3) is 0.371. The second-order valence-corrected chi connectivity index (χ2v) is 10.8. The molecule has 4 rings (SSSR count). The predicted octanol–water partition coefficient (Wildman–Crippen LogP) is 7.75. The minimum atomic E-state index is -0.858. The number of fused-ring (bicyclic) bond motifs is 1. The van der Waals surface area contributed by atoms with E-state index in [0.717, 1.165) is 24.8 Å². The van der Waals surface area contributed by atoms with Crippen LogP contribution in [0, 0.1) is 11.3 Å². The lowest BCUT2D eigenvalue weighted by atomic mass is 10.0. The molecule has 0 aliphatic carbocycles. The van der Waals surface area contributed by atoms with E-state index in [-0.39, 0.29) is 12.4 Å². The van der Waals surface area contributed by atoms with Gasteiger partial charge in [0.25, 0.3) is 0 Å². The van der Waals surface area contributed by atoms with Crippen LogP contribution in [0.3, 0.4) is 0 Å². The van der Waals surface area contributed by atoms with Gasteiger partial charge >= 0.3 is 5.97 Å². The number of carbonyl (C=O) groups is 1. The Bertz CT molecular complexity index is 1480. The number of hydrogen-bond donors (Lipinski definition) is 2. The number of ether oxygens (including phenoxy) is 5. The van der Waals surface area contributed by atoms with Crippen LogP contribution in [0.15, 0.2) is 54.6 Å². The van der Waals surface area contributed by atoms with E-state index >= 15 is 0 Å². The van der Waals surface area contributed by atoms with E-state index in [0.29, 0.717) is 51.9 Å². The molecule has 1 unspecified atom stereocenters. The van der Waals surface area contributed by atoms with Crippen LogP contribution in [0.25, 0.3) is 11.6 Å². The third-order valence-corrected chi connectivity index (χ3v) is 7.31. The van der Waals surface area contributed by atoms with Crippen molar-refractivity contribution in [2.75, 3.05) is 25.4 Å². The Kier molecular flexibility index (Phi) is 11.8. The maximum atomic E-state index is 13.1. The molecule has 0 bridgehead atoms. The molecule has 0 saturated carbocycles. The van der Waals surface area contributed by atoms with Gasteiger partial charge in [-0.25, -0.2) is 4.79 Å². The van der Waals surface area contributed by atoms with Crippen LogP contribution in [0.5, 0.6) is 23.0 Å². The highest BCUT2D eigenvalue weighted by molar-refractivity contribution is 5.92. The first-order chi connectivity index (χ1) is 21.4. The van der Waals surface area contributed by atoms with Gasteiger partial charge in [0.1, 0.15) is 0 Å². The number of nitriles is 1. The highest BCUT2D eigenvalue weighted by Gasteiger charge is 2.21. The van der Waals surface area contributed by atoms with Crippen molar-refractivity contribution in [3.8, 4) is 29.1 Å². The molecular formula is C35H41N3O6. The van der Waals surface area contributed by atoms with Crippen molar-refractivity contribution in [2.24, 2.45) is 0 Å². The number of rotatable bonds is 16. The number of hydrogen-bond acceptors (Lipinski definition) is 9. The van der Waals surface area contributed by atoms with Crippen LogP contribution in [0.4, 0.5) is 11.4 Å². The van der Waals surface area contributed by atoms with Crippen LogP contribution in [0.1, 0.15) is 86.2 Å². The van der Waals surface area contributed by atoms with Crippen molar-refractivity contribution < 1.29 is 28.5 Å². The molecule has 0 fully saturated rings. The molecule has 232 valence electrons.